The number of carbonyl (C=O) groups is 4. The Morgan fingerprint density at radius 2 is 1.64 bits per heavy atom. The molecule has 3 unspecified atom stereocenters. The Balaban J connectivity index is 3.44. The summed E-state index contributed by atoms with van der Waals surface area (Å²) in [6.45, 7) is 15.3. The number of nitrogens with one attached hydrogen (secondary N) is 2. The van der Waals surface area contributed by atoms with Crippen LogP contribution in [0, 0.1) is 12.8 Å². The highest BCUT2D eigenvalue weighted by molar-refractivity contribution is 7.80. The number of benzene rings is 1. The van der Waals surface area contributed by atoms with Gasteiger partial charge in [0, 0.05) is 18.3 Å². The third kappa shape index (κ3) is 12.3. The van der Waals surface area contributed by atoms with Crippen LogP contribution in [0.5, 0.6) is 0 Å². The Bertz CT molecular complexity index is 945. The van der Waals surface area contributed by atoms with Crippen molar-refractivity contribution in [3.05, 3.63) is 35.4 Å². The normalized spacial score (nSPS) is 13.7. The van der Waals surface area contributed by atoms with Gasteiger partial charge in [-0.2, -0.15) is 12.6 Å². The number of hydrogen-bond acceptors (Lipinski definition) is 7. The van der Waals surface area contributed by atoms with Gasteiger partial charge >= 0.3 is 12.1 Å². The van der Waals surface area contributed by atoms with Crippen molar-refractivity contribution in [3.8, 4) is 0 Å². The molecule has 220 valence electrons. The van der Waals surface area contributed by atoms with Crippen LogP contribution in [-0.4, -0.2) is 65.4 Å². The van der Waals surface area contributed by atoms with Crippen LogP contribution in [0.3, 0.4) is 0 Å². The number of carbonyl (C=O) groups excluding carboxylic acids is 4. The summed E-state index contributed by atoms with van der Waals surface area (Å²) < 4.78 is 10.3. The fraction of sp³-hybridized carbons (Fsp3) is 0.655. The minimum absolute atomic E-state index is 0.0104. The van der Waals surface area contributed by atoms with Crippen molar-refractivity contribution in [2.24, 2.45) is 5.92 Å². The maximum absolute atomic E-state index is 14.1. The number of rotatable bonds is 14. The lowest BCUT2D eigenvalue weighted by Crippen LogP contribution is -2.56. The van der Waals surface area contributed by atoms with E-state index in [0.29, 0.717) is 17.9 Å². The monoisotopic (exact) mass is 565 g/mol. The molecule has 0 aliphatic heterocycles. The van der Waals surface area contributed by atoms with Crippen molar-refractivity contribution < 1.29 is 28.7 Å². The zero-order chi connectivity index (χ0) is 29.8. The SMILES string of the molecule is CCOC(=O)CCNC(=O)C(c1ccc(C)cc1)N(C(=O)C(CS)NC(=O)OC(C)(C)C)C(C)CCC(C)C. The van der Waals surface area contributed by atoms with Crippen LogP contribution in [0.1, 0.15) is 84.9 Å². The quantitative estimate of drug-likeness (QED) is 0.225. The van der Waals surface area contributed by atoms with Crippen molar-refractivity contribution in [2.45, 2.75) is 98.4 Å². The lowest BCUT2D eigenvalue weighted by Gasteiger charge is -2.38. The predicted molar refractivity (Wildman–Crippen MR) is 156 cm³/mol. The number of alkyl carbamates (subject to hydrolysis) is 1. The van der Waals surface area contributed by atoms with Crippen LogP contribution < -0.4 is 10.6 Å². The average molecular weight is 566 g/mol. The summed E-state index contributed by atoms with van der Waals surface area (Å²) in [5.41, 5.74) is 0.877. The lowest BCUT2D eigenvalue weighted by molar-refractivity contribution is -0.145. The van der Waals surface area contributed by atoms with Crippen LogP contribution >= 0.6 is 12.6 Å². The summed E-state index contributed by atoms with van der Waals surface area (Å²) in [5, 5.41) is 5.43. The maximum atomic E-state index is 14.1. The molecule has 10 heteroatoms. The highest BCUT2D eigenvalue weighted by Gasteiger charge is 2.38. The highest BCUT2D eigenvalue weighted by Crippen LogP contribution is 2.28. The van der Waals surface area contributed by atoms with Crippen molar-refractivity contribution in [2.75, 3.05) is 18.9 Å². The van der Waals surface area contributed by atoms with Gasteiger partial charge in [0.2, 0.25) is 11.8 Å². The van der Waals surface area contributed by atoms with Crippen LogP contribution in [0.2, 0.25) is 0 Å². The number of thiol groups is 1. The maximum Gasteiger partial charge on any atom is 0.408 e. The molecule has 3 atom stereocenters. The average Bonchev–Trinajstić information content (AvgIpc) is 2.83. The molecule has 1 aromatic rings. The molecule has 0 aliphatic rings. The smallest absolute Gasteiger partial charge is 0.408 e. The standard InChI is InChI=1S/C29H47N3O6S/c1-9-37-24(33)16-17-30-26(34)25(22-14-11-20(4)12-15-22)32(21(5)13-10-19(2)3)27(35)23(18-39)31-28(36)38-29(6,7)8/h11-12,14-15,19,21,23,25,39H,9-10,13,16-18H2,1-8H3,(H,30,34)(H,31,36). The topological polar surface area (TPSA) is 114 Å². The molecule has 0 aromatic heterocycles. The minimum atomic E-state index is -1.02. The zero-order valence-corrected chi connectivity index (χ0v) is 25.6. The van der Waals surface area contributed by atoms with Crippen LogP contribution in [0.4, 0.5) is 4.79 Å². The fourth-order valence-corrected chi connectivity index (χ4v) is 4.18. The van der Waals surface area contributed by atoms with Gasteiger partial charge in [-0.25, -0.2) is 4.79 Å². The molecule has 2 N–H and O–H groups in total. The molecule has 0 aliphatic carbocycles. The molecule has 1 aromatic carbocycles. The van der Waals surface area contributed by atoms with Crippen molar-refractivity contribution in [1.29, 1.82) is 0 Å². The Hall–Kier alpha value is -2.75. The molecule has 0 spiro atoms. The summed E-state index contributed by atoms with van der Waals surface area (Å²) in [5.74, 6) is -0.890. The van der Waals surface area contributed by atoms with E-state index < -0.39 is 41.6 Å². The zero-order valence-electron chi connectivity index (χ0n) is 24.7. The van der Waals surface area contributed by atoms with Crippen LogP contribution in [0.15, 0.2) is 24.3 Å². The van der Waals surface area contributed by atoms with E-state index in [9.17, 15) is 19.2 Å². The molecule has 9 nitrogen and oxygen atoms in total. The Kier molecular flexibility index (Phi) is 14.4. The first kappa shape index (κ1) is 34.3. The van der Waals surface area contributed by atoms with Gasteiger partial charge in [-0.15, -0.1) is 0 Å². The number of esters is 1. The molecule has 0 saturated heterocycles. The lowest BCUT2D eigenvalue weighted by atomic mass is 9.97. The molecule has 39 heavy (non-hydrogen) atoms. The second-order valence-corrected chi connectivity index (χ2v) is 11.5. The number of hydrogen-bond donors (Lipinski definition) is 3. The Labute approximate surface area is 239 Å². The van der Waals surface area contributed by atoms with Crippen molar-refractivity contribution in [1.82, 2.24) is 15.5 Å². The van der Waals surface area contributed by atoms with Gasteiger partial charge in [-0.05, 0) is 65.9 Å². The second-order valence-electron chi connectivity index (χ2n) is 11.1. The molecule has 0 fully saturated rings. The molecule has 0 radical (unpaired) electrons. The summed E-state index contributed by atoms with van der Waals surface area (Å²) in [4.78, 5) is 53.7. The van der Waals surface area contributed by atoms with E-state index in [2.05, 4.69) is 37.1 Å². The first-order valence-electron chi connectivity index (χ1n) is 13.6. The highest BCUT2D eigenvalue weighted by atomic mass is 32.1. The van der Waals surface area contributed by atoms with Crippen molar-refractivity contribution in [3.63, 3.8) is 0 Å². The summed E-state index contributed by atoms with van der Waals surface area (Å²) >= 11 is 4.34. The Morgan fingerprint density at radius 1 is 1.03 bits per heavy atom. The van der Waals surface area contributed by atoms with Crippen molar-refractivity contribution >= 4 is 36.5 Å². The van der Waals surface area contributed by atoms with Gasteiger partial charge in [0.25, 0.3) is 0 Å². The molecule has 0 bridgehead atoms. The third-order valence-electron chi connectivity index (χ3n) is 5.92. The van der Waals surface area contributed by atoms with Gasteiger partial charge in [-0.3, -0.25) is 14.4 Å². The largest absolute Gasteiger partial charge is 0.466 e. The van der Waals surface area contributed by atoms with Crippen LogP contribution in [-0.2, 0) is 23.9 Å². The van der Waals surface area contributed by atoms with Crippen LogP contribution in [0.25, 0.3) is 0 Å². The summed E-state index contributed by atoms with van der Waals surface area (Å²) in [7, 11) is 0. The van der Waals surface area contributed by atoms with E-state index >= 15 is 0 Å². The van der Waals surface area contributed by atoms with E-state index in [-0.39, 0.29) is 31.4 Å². The second kappa shape index (κ2) is 16.4. The number of aryl methyl sites for hydroxylation is 1. The molecular formula is C29H47N3O6S. The van der Waals surface area contributed by atoms with Gasteiger partial charge < -0.3 is 25.0 Å². The van der Waals surface area contributed by atoms with E-state index in [1.54, 1.807) is 27.7 Å². The predicted octanol–water partition coefficient (Wildman–Crippen LogP) is 4.58. The number of amides is 3. The molecular weight excluding hydrogens is 518 g/mol. The van der Waals surface area contributed by atoms with Gasteiger partial charge in [-0.1, -0.05) is 43.7 Å². The first-order chi connectivity index (χ1) is 18.2. The van der Waals surface area contributed by atoms with Gasteiger partial charge in [0.15, 0.2) is 0 Å². The number of nitrogens with zero attached hydrogens (tertiary/aromatic N) is 1. The Morgan fingerprint density at radius 3 is 2.15 bits per heavy atom. The van der Waals surface area contributed by atoms with E-state index in [4.69, 9.17) is 9.47 Å². The molecule has 1 rings (SSSR count). The van der Waals surface area contributed by atoms with Gasteiger partial charge in [0.05, 0.1) is 13.0 Å². The van der Waals surface area contributed by atoms with E-state index in [1.165, 1.54) is 4.90 Å². The molecule has 0 saturated carbocycles. The first-order valence-corrected chi connectivity index (χ1v) is 14.3. The number of ether oxygens (including phenoxy) is 2. The summed E-state index contributed by atoms with van der Waals surface area (Å²) in [6, 6.07) is 5.03. The molecule has 3 amide bonds. The van der Waals surface area contributed by atoms with E-state index in [1.807, 2.05) is 38.1 Å². The minimum Gasteiger partial charge on any atom is -0.466 e. The summed E-state index contributed by atoms with van der Waals surface area (Å²) in [6.07, 6.45) is 0.751. The fourth-order valence-electron chi connectivity index (χ4n) is 3.93. The van der Waals surface area contributed by atoms with Gasteiger partial charge in [0.1, 0.15) is 17.7 Å². The third-order valence-corrected chi connectivity index (χ3v) is 6.28. The molecule has 0 heterocycles. The van der Waals surface area contributed by atoms with E-state index in [0.717, 1.165) is 12.0 Å².